The lowest BCUT2D eigenvalue weighted by molar-refractivity contribution is -0.130. The third-order valence-electron chi connectivity index (χ3n) is 4.40. The number of thiazole rings is 1. The molecule has 1 saturated carbocycles. The molecule has 2 fully saturated rings. The Morgan fingerprint density at radius 1 is 1.48 bits per heavy atom. The van der Waals surface area contributed by atoms with Crippen molar-refractivity contribution in [2.24, 2.45) is 5.92 Å². The minimum Gasteiger partial charge on any atom is -0.351 e. The van der Waals surface area contributed by atoms with Crippen LogP contribution in [0.3, 0.4) is 0 Å². The van der Waals surface area contributed by atoms with Gasteiger partial charge >= 0.3 is 0 Å². The molecule has 6 heteroatoms. The lowest BCUT2D eigenvalue weighted by atomic mass is 10.1. The zero-order valence-electron chi connectivity index (χ0n) is 12.3. The van der Waals surface area contributed by atoms with E-state index in [9.17, 15) is 9.59 Å². The van der Waals surface area contributed by atoms with Gasteiger partial charge in [0.1, 0.15) is 0 Å². The molecule has 1 saturated heterocycles. The summed E-state index contributed by atoms with van der Waals surface area (Å²) in [6.45, 7) is 3.06. The van der Waals surface area contributed by atoms with Crippen LogP contribution in [0.1, 0.15) is 42.0 Å². The highest BCUT2D eigenvalue weighted by Gasteiger charge is 2.38. The monoisotopic (exact) mass is 307 g/mol. The van der Waals surface area contributed by atoms with E-state index in [1.807, 2.05) is 11.8 Å². The van der Waals surface area contributed by atoms with Crippen molar-refractivity contribution >= 4 is 23.2 Å². The fourth-order valence-corrected chi connectivity index (χ4v) is 4.02. The molecule has 2 heterocycles. The highest BCUT2D eigenvalue weighted by molar-refractivity contribution is 7.11. The summed E-state index contributed by atoms with van der Waals surface area (Å²) in [6, 6.07) is 0.374. The minimum absolute atomic E-state index is 0.00472. The largest absolute Gasteiger partial charge is 0.351 e. The third-order valence-corrected chi connectivity index (χ3v) is 5.31. The number of carbonyl (C=O) groups excluding carboxylic acids is 2. The highest BCUT2D eigenvalue weighted by Crippen LogP contribution is 2.29. The minimum atomic E-state index is -0.188. The predicted octanol–water partition coefficient (Wildman–Crippen LogP) is 1.86. The standard InChI is InChI=1S/C15H21N3O2S/c1-10-16-7-13(21-10)8-17-15(20)11-6-14(19)18(9-11)12-4-2-3-5-12/h7,11-12H,2-6,8-9H2,1H3,(H,17,20). The first-order chi connectivity index (χ1) is 10.1. The first-order valence-corrected chi connectivity index (χ1v) is 8.43. The van der Waals surface area contributed by atoms with E-state index in [0.717, 1.165) is 22.7 Å². The quantitative estimate of drug-likeness (QED) is 0.923. The van der Waals surface area contributed by atoms with Gasteiger partial charge in [0.2, 0.25) is 11.8 Å². The van der Waals surface area contributed by atoms with E-state index in [0.29, 0.717) is 25.6 Å². The summed E-state index contributed by atoms with van der Waals surface area (Å²) in [5.41, 5.74) is 0. The second-order valence-electron chi connectivity index (χ2n) is 5.95. The summed E-state index contributed by atoms with van der Waals surface area (Å²) in [4.78, 5) is 31.5. The van der Waals surface area contributed by atoms with E-state index in [1.165, 1.54) is 12.8 Å². The summed E-state index contributed by atoms with van der Waals surface area (Å²) < 4.78 is 0. The number of amides is 2. The van der Waals surface area contributed by atoms with Crippen LogP contribution in [0.4, 0.5) is 0 Å². The molecule has 1 atom stereocenters. The van der Waals surface area contributed by atoms with Crippen LogP contribution in [-0.2, 0) is 16.1 Å². The normalized spacial score (nSPS) is 23.0. The van der Waals surface area contributed by atoms with Crippen LogP contribution in [0, 0.1) is 12.8 Å². The van der Waals surface area contributed by atoms with E-state index in [-0.39, 0.29) is 17.7 Å². The number of aryl methyl sites for hydroxylation is 1. The summed E-state index contributed by atoms with van der Waals surface area (Å²) in [5, 5.41) is 3.94. The van der Waals surface area contributed by atoms with Crippen LogP contribution in [0.25, 0.3) is 0 Å². The van der Waals surface area contributed by atoms with Crippen molar-refractivity contribution < 1.29 is 9.59 Å². The second-order valence-corrected chi connectivity index (χ2v) is 7.27. The fourth-order valence-electron chi connectivity index (χ4n) is 3.28. The molecule has 114 valence electrons. The zero-order valence-corrected chi connectivity index (χ0v) is 13.1. The Balaban J connectivity index is 1.52. The maximum absolute atomic E-state index is 12.2. The Hall–Kier alpha value is -1.43. The molecular weight excluding hydrogens is 286 g/mol. The average molecular weight is 307 g/mol. The number of hydrogen-bond acceptors (Lipinski definition) is 4. The SMILES string of the molecule is Cc1ncc(CNC(=O)C2CC(=O)N(C3CCCC3)C2)s1. The first kappa shape index (κ1) is 14.5. The van der Waals surface area contributed by atoms with Crippen molar-refractivity contribution in [3.63, 3.8) is 0 Å². The van der Waals surface area contributed by atoms with Crippen LogP contribution in [0.15, 0.2) is 6.20 Å². The van der Waals surface area contributed by atoms with Crippen LogP contribution in [0.2, 0.25) is 0 Å². The Kier molecular flexibility index (Phi) is 4.24. The maximum Gasteiger partial charge on any atom is 0.225 e. The molecule has 1 aliphatic carbocycles. The fraction of sp³-hybridized carbons (Fsp3) is 0.667. The van der Waals surface area contributed by atoms with E-state index in [2.05, 4.69) is 10.3 Å². The molecule has 1 aromatic rings. The van der Waals surface area contributed by atoms with E-state index >= 15 is 0 Å². The summed E-state index contributed by atoms with van der Waals surface area (Å²) in [6.07, 6.45) is 6.77. The van der Waals surface area contributed by atoms with Gasteiger partial charge in [0.25, 0.3) is 0 Å². The molecule has 5 nitrogen and oxygen atoms in total. The van der Waals surface area contributed by atoms with Crippen LogP contribution < -0.4 is 5.32 Å². The zero-order chi connectivity index (χ0) is 14.8. The molecule has 0 spiro atoms. The molecule has 0 radical (unpaired) electrons. The maximum atomic E-state index is 12.2. The number of likely N-dealkylation sites (tertiary alicyclic amines) is 1. The number of carbonyl (C=O) groups is 2. The van der Waals surface area contributed by atoms with Crippen molar-refractivity contribution in [3.05, 3.63) is 16.1 Å². The number of nitrogens with one attached hydrogen (secondary N) is 1. The number of hydrogen-bond donors (Lipinski definition) is 1. The van der Waals surface area contributed by atoms with Crippen molar-refractivity contribution in [2.45, 2.75) is 51.6 Å². The van der Waals surface area contributed by atoms with Gasteiger partial charge in [0.05, 0.1) is 17.5 Å². The Morgan fingerprint density at radius 3 is 2.90 bits per heavy atom. The van der Waals surface area contributed by atoms with Gasteiger partial charge in [-0.3, -0.25) is 9.59 Å². The van der Waals surface area contributed by atoms with Gasteiger partial charge in [0, 0.05) is 30.1 Å². The molecule has 1 aromatic heterocycles. The number of aromatic nitrogens is 1. The molecule has 2 aliphatic rings. The van der Waals surface area contributed by atoms with Gasteiger partial charge in [-0.25, -0.2) is 4.98 Å². The average Bonchev–Trinajstić information content (AvgIpc) is 3.16. The third kappa shape index (κ3) is 3.26. The van der Waals surface area contributed by atoms with Crippen LogP contribution in [-0.4, -0.2) is 34.3 Å². The first-order valence-electron chi connectivity index (χ1n) is 7.62. The molecular formula is C15H21N3O2S. The molecule has 1 aliphatic heterocycles. The Labute approximate surface area is 128 Å². The van der Waals surface area contributed by atoms with Gasteiger partial charge in [-0.2, -0.15) is 0 Å². The van der Waals surface area contributed by atoms with E-state index < -0.39 is 0 Å². The predicted molar refractivity (Wildman–Crippen MR) is 80.8 cm³/mol. The Bertz CT molecular complexity index is 537. The molecule has 3 rings (SSSR count). The van der Waals surface area contributed by atoms with Gasteiger partial charge in [-0.15, -0.1) is 11.3 Å². The lowest BCUT2D eigenvalue weighted by Crippen LogP contribution is -2.36. The van der Waals surface area contributed by atoms with Crippen molar-refractivity contribution in [2.75, 3.05) is 6.54 Å². The van der Waals surface area contributed by atoms with Crippen molar-refractivity contribution in [3.8, 4) is 0 Å². The molecule has 0 aromatic carbocycles. The van der Waals surface area contributed by atoms with Gasteiger partial charge in [0.15, 0.2) is 0 Å². The van der Waals surface area contributed by atoms with Gasteiger partial charge < -0.3 is 10.2 Å². The van der Waals surface area contributed by atoms with Crippen LogP contribution in [0.5, 0.6) is 0 Å². The smallest absolute Gasteiger partial charge is 0.225 e. The second kappa shape index (κ2) is 6.13. The summed E-state index contributed by atoms with van der Waals surface area (Å²) in [7, 11) is 0. The molecule has 21 heavy (non-hydrogen) atoms. The van der Waals surface area contributed by atoms with Crippen molar-refractivity contribution in [1.82, 2.24) is 15.2 Å². The molecule has 1 N–H and O–H groups in total. The molecule has 1 unspecified atom stereocenters. The highest BCUT2D eigenvalue weighted by atomic mass is 32.1. The molecule has 2 amide bonds. The number of rotatable bonds is 4. The van der Waals surface area contributed by atoms with E-state index in [4.69, 9.17) is 0 Å². The Morgan fingerprint density at radius 2 is 2.24 bits per heavy atom. The van der Waals surface area contributed by atoms with E-state index in [1.54, 1.807) is 17.5 Å². The number of nitrogens with zero attached hydrogens (tertiary/aromatic N) is 2. The van der Waals surface area contributed by atoms with Gasteiger partial charge in [-0.05, 0) is 19.8 Å². The van der Waals surface area contributed by atoms with Crippen molar-refractivity contribution in [1.29, 1.82) is 0 Å². The molecule has 0 bridgehead atoms. The summed E-state index contributed by atoms with van der Waals surface area (Å²) in [5.74, 6) is -0.0438. The summed E-state index contributed by atoms with van der Waals surface area (Å²) >= 11 is 1.59. The van der Waals surface area contributed by atoms with Crippen LogP contribution >= 0.6 is 11.3 Å². The topological polar surface area (TPSA) is 62.3 Å². The van der Waals surface area contributed by atoms with Gasteiger partial charge in [-0.1, -0.05) is 12.8 Å². The lowest BCUT2D eigenvalue weighted by Gasteiger charge is -2.23.